The molecule has 2 aromatic rings. The van der Waals surface area contributed by atoms with Crippen LogP contribution in [0.25, 0.3) is 0 Å². The molecular weight excluding hydrogens is 319 g/mol. The minimum Gasteiger partial charge on any atom is -0.351 e. The average molecular weight is 335 g/mol. The summed E-state index contributed by atoms with van der Waals surface area (Å²) < 4.78 is 0. The van der Waals surface area contributed by atoms with Crippen molar-refractivity contribution in [3.05, 3.63) is 52.4 Å². The van der Waals surface area contributed by atoms with Crippen molar-refractivity contribution in [2.75, 3.05) is 18.0 Å². The van der Waals surface area contributed by atoms with Gasteiger partial charge in [0.15, 0.2) is 0 Å². The van der Waals surface area contributed by atoms with Gasteiger partial charge >= 0.3 is 0 Å². The van der Waals surface area contributed by atoms with Crippen LogP contribution in [0.15, 0.2) is 36.4 Å². The van der Waals surface area contributed by atoms with E-state index < -0.39 is 0 Å². The summed E-state index contributed by atoms with van der Waals surface area (Å²) in [6.07, 6.45) is 1.17. The Morgan fingerprint density at radius 2 is 1.86 bits per heavy atom. The molecule has 2 aliphatic rings. The second-order valence-electron chi connectivity index (χ2n) is 5.93. The first kappa shape index (κ1) is 14.2. The SMILES string of the molecule is Clc1cc(N2CC3CC2CN3Cc2ccccc2)nc(Cl)n1. The quantitative estimate of drug-likeness (QED) is 0.637. The lowest BCUT2D eigenvalue weighted by molar-refractivity contribution is 0.230. The van der Waals surface area contributed by atoms with Gasteiger partial charge in [-0.3, -0.25) is 4.90 Å². The highest BCUT2D eigenvalue weighted by atomic mass is 35.5. The number of hydrogen-bond acceptors (Lipinski definition) is 4. The second-order valence-corrected chi connectivity index (χ2v) is 6.65. The molecule has 1 aromatic heterocycles. The number of nitrogens with zero attached hydrogens (tertiary/aromatic N) is 4. The highest BCUT2D eigenvalue weighted by Crippen LogP contribution is 2.35. The van der Waals surface area contributed by atoms with Gasteiger partial charge in [0.05, 0.1) is 0 Å². The minimum absolute atomic E-state index is 0.214. The number of fused-ring (bicyclic) bond motifs is 2. The highest BCUT2D eigenvalue weighted by molar-refractivity contribution is 6.32. The van der Waals surface area contributed by atoms with Gasteiger partial charge in [0, 0.05) is 37.8 Å². The van der Waals surface area contributed by atoms with Crippen molar-refractivity contribution in [1.29, 1.82) is 0 Å². The van der Waals surface area contributed by atoms with E-state index in [9.17, 15) is 0 Å². The first-order valence-electron chi connectivity index (χ1n) is 7.44. The summed E-state index contributed by atoms with van der Waals surface area (Å²) in [6.45, 7) is 3.04. The van der Waals surface area contributed by atoms with Gasteiger partial charge < -0.3 is 4.90 Å². The molecule has 0 saturated carbocycles. The fraction of sp³-hybridized carbons (Fsp3) is 0.375. The number of piperazine rings is 1. The Kier molecular flexibility index (Phi) is 3.68. The summed E-state index contributed by atoms with van der Waals surface area (Å²) in [5, 5.41) is 0.616. The Morgan fingerprint density at radius 1 is 1.05 bits per heavy atom. The summed E-state index contributed by atoms with van der Waals surface area (Å²) >= 11 is 11.9. The molecule has 4 nitrogen and oxygen atoms in total. The predicted molar refractivity (Wildman–Crippen MR) is 88.4 cm³/mol. The van der Waals surface area contributed by atoms with Gasteiger partial charge in [0.25, 0.3) is 0 Å². The van der Waals surface area contributed by atoms with Gasteiger partial charge in [0.2, 0.25) is 5.28 Å². The van der Waals surface area contributed by atoms with Crippen molar-refractivity contribution in [1.82, 2.24) is 14.9 Å². The summed E-state index contributed by atoms with van der Waals surface area (Å²) in [7, 11) is 0. The molecule has 2 aliphatic heterocycles. The topological polar surface area (TPSA) is 32.3 Å². The van der Waals surface area contributed by atoms with E-state index in [1.165, 1.54) is 12.0 Å². The zero-order valence-electron chi connectivity index (χ0n) is 12.0. The van der Waals surface area contributed by atoms with Crippen molar-refractivity contribution < 1.29 is 0 Å². The van der Waals surface area contributed by atoms with Gasteiger partial charge in [-0.2, -0.15) is 0 Å². The maximum atomic E-state index is 5.99. The highest BCUT2D eigenvalue weighted by Gasteiger charge is 2.43. The molecule has 0 radical (unpaired) electrons. The smallest absolute Gasteiger partial charge is 0.225 e. The maximum Gasteiger partial charge on any atom is 0.225 e. The van der Waals surface area contributed by atoms with Crippen molar-refractivity contribution in [3.8, 4) is 0 Å². The number of likely N-dealkylation sites (tertiary alicyclic amines) is 1. The molecule has 0 aliphatic carbocycles. The molecule has 114 valence electrons. The Balaban J connectivity index is 1.48. The molecule has 0 N–H and O–H groups in total. The molecule has 0 amide bonds. The number of aromatic nitrogens is 2. The summed E-state index contributed by atoms with van der Waals surface area (Å²) in [5.74, 6) is 0.844. The van der Waals surface area contributed by atoms with Crippen LogP contribution < -0.4 is 4.90 Å². The van der Waals surface area contributed by atoms with Gasteiger partial charge in [-0.05, 0) is 23.6 Å². The molecule has 2 saturated heterocycles. The van der Waals surface area contributed by atoms with E-state index in [1.54, 1.807) is 6.07 Å². The third-order valence-electron chi connectivity index (χ3n) is 4.53. The van der Waals surface area contributed by atoms with Crippen molar-refractivity contribution in [2.24, 2.45) is 0 Å². The Labute approximate surface area is 139 Å². The molecule has 4 rings (SSSR count). The van der Waals surface area contributed by atoms with Crippen molar-refractivity contribution >= 4 is 29.0 Å². The maximum absolute atomic E-state index is 5.99. The summed E-state index contributed by atoms with van der Waals surface area (Å²) in [6, 6.07) is 13.5. The average Bonchev–Trinajstić information content (AvgIpc) is 3.07. The van der Waals surface area contributed by atoms with Crippen LogP contribution in [0.2, 0.25) is 10.4 Å². The third kappa shape index (κ3) is 2.67. The molecule has 2 atom stereocenters. The minimum atomic E-state index is 0.214. The van der Waals surface area contributed by atoms with Crippen LogP contribution in [0.1, 0.15) is 12.0 Å². The molecule has 0 spiro atoms. The molecule has 2 fully saturated rings. The molecule has 22 heavy (non-hydrogen) atoms. The van der Waals surface area contributed by atoms with Gasteiger partial charge in [-0.1, -0.05) is 41.9 Å². The van der Waals surface area contributed by atoms with E-state index >= 15 is 0 Å². The number of rotatable bonds is 3. The Hall–Kier alpha value is -1.36. The molecular formula is C16H16Cl2N4. The van der Waals surface area contributed by atoms with E-state index in [0.29, 0.717) is 17.2 Å². The number of hydrogen-bond donors (Lipinski definition) is 0. The van der Waals surface area contributed by atoms with Crippen LogP contribution in [0.4, 0.5) is 5.82 Å². The Morgan fingerprint density at radius 3 is 2.55 bits per heavy atom. The Bertz CT molecular complexity index is 659. The largest absolute Gasteiger partial charge is 0.351 e. The number of halogens is 2. The van der Waals surface area contributed by atoms with Crippen LogP contribution >= 0.6 is 23.2 Å². The van der Waals surface area contributed by atoms with Crippen LogP contribution in [-0.4, -0.2) is 40.0 Å². The molecule has 3 heterocycles. The fourth-order valence-electron chi connectivity index (χ4n) is 3.57. The fourth-order valence-corrected chi connectivity index (χ4v) is 3.97. The van der Waals surface area contributed by atoms with Gasteiger partial charge in [0.1, 0.15) is 11.0 Å². The monoisotopic (exact) mass is 334 g/mol. The van der Waals surface area contributed by atoms with Crippen LogP contribution in [0.5, 0.6) is 0 Å². The predicted octanol–water partition coefficient (Wildman–Crippen LogP) is 3.25. The van der Waals surface area contributed by atoms with Crippen molar-refractivity contribution in [3.63, 3.8) is 0 Å². The number of benzene rings is 1. The zero-order valence-corrected chi connectivity index (χ0v) is 13.5. The van der Waals surface area contributed by atoms with E-state index in [4.69, 9.17) is 23.2 Å². The van der Waals surface area contributed by atoms with E-state index in [2.05, 4.69) is 50.1 Å². The summed E-state index contributed by atoms with van der Waals surface area (Å²) in [5.41, 5.74) is 1.37. The lowest BCUT2D eigenvalue weighted by atomic mass is 10.2. The first-order chi connectivity index (χ1) is 10.7. The van der Waals surface area contributed by atoms with Crippen LogP contribution in [0, 0.1) is 0 Å². The lowest BCUT2D eigenvalue weighted by Crippen LogP contribution is -2.46. The summed E-state index contributed by atoms with van der Waals surface area (Å²) in [4.78, 5) is 13.1. The van der Waals surface area contributed by atoms with Crippen LogP contribution in [0.3, 0.4) is 0 Å². The lowest BCUT2D eigenvalue weighted by Gasteiger charge is -2.35. The molecule has 1 aromatic carbocycles. The van der Waals surface area contributed by atoms with Gasteiger partial charge in [-0.25, -0.2) is 9.97 Å². The van der Waals surface area contributed by atoms with E-state index in [0.717, 1.165) is 25.5 Å². The van der Waals surface area contributed by atoms with E-state index in [1.807, 2.05) is 0 Å². The third-order valence-corrected chi connectivity index (χ3v) is 4.89. The molecule has 2 unspecified atom stereocenters. The van der Waals surface area contributed by atoms with Crippen molar-refractivity contribution in [2.45, 2.75) is 25.0 Å². The zero-order chi connectivity index (χ0) is 15.1. The van der Waals surface area contributed by atoms with Gasteiger partial charge in [-0.15, -0.1) is 0 Å². The number of anilines is 1. The normalized spacial score (nSPS) is 24.2. The van der Waals surface area contributed by atoms with E-state index in [-0.39, 0.29) is 5.28 Å². The van der Waals surface area contributed by atoms with Crippen LogP contribution in [-0.2, 0) is 6.54 Å². The molecule has 6 heteroatoms. The second kappa shape index (κ2) is 5.69. The first-order valence-corrected chi connectivity index (χ1v) is 8.19. The molecule has 2 bridgehead atoms. The standard InChI is InChI=1S/C16H16Cl2N4/c17-14-7-15(20-16(18)19-14)22-10-12-6-13(22)9-21(12)8-11-4-2-1-3-5-11/h1-5,7,12-13H,6,8-10H2.